The van der Waals surface area contributed by atoms with Crippen molar-refractivity contribution >= 4 is 16.8 Å². The largest absolute Gasteiger partial charge is 0.372 e. The van der Waals surface area contributed by atoms with Gasteiger partial charge in [-0.3, -0.25) is 8.97 Å². The predicted molar refractivity (Wildman–Crippen MR) is 171 cm³/mol. The zero-order valence-electron chi connectivity index (χ0n) is 23.3. The number of nitrogens with zero attached hydrogens (tertiary/aromatic N) is 7. The van der Waals surface area contributed by atoms with E-state index in [9.17, 15) is 4.79 Å². The van der Waals surface area contributed by atoms with Gasteiger partial charge in [-0.05, 0) is 24.3 Å². The fourth-order valence-corrected chi connectivity index (χ4v) is 5.45. The van der Waals surface area contributed by atoms with Crippen LogP contribution in [0.25, 0.3) is 68.0 Å². The highest BCUT2D eigenvalue weighted by Crippen LogP contribution is 2.30. The van der Waals surface area contributed by atoms with Crippen LogP contribution in [0.15, 0.2) is 144 Å². The summed E-state index contributed by atoms with van der Waals surface area (Å²) in [5, 5.41) is 0. The summed E-state index contributed by atoms with van der Waals surface area (Å²) in [6.45, 7) is 0. The zero-order chi connectivity index (χ0) is 29.5. The molecule has 0 aliphatic rings. The van der Waals surface area contributed by atoms with Gasteiger partial charge in [0.15, 0.2) is 23.3 Å². The van der Waals surface area contributed by atoms with Gasteiger partial charge in [0.05, 0.1) is 11.0 Å². The summed E-state index contributed by atoms with van der Waals surface area (Å²) in [5.41, 5.74) is 5.55. The minimum Gasteiger partial charge on any atom is -0.278 e. The number of fused-ring (bicyclic) bond motifs is 3. The second-order valence-electron chi connectivity index (χ2n) is 10.2. The summed E-state index contributed by atoms with van der Waals surface area (Å²) in [4.78, 5) is 36.1. The molecule has 0 fully saturated rings. The molecule has 0 saturated carbocycles. The highest BCUT2D eigenvalue weighted by molar-refractivity contribution is 5.85. The molecular formula is C36H23N7O. The summed E-state index contributed by atoms with van der Waals surface area (Å²) in [6.07, 6.45) is 0. The molecule has 8 heteroatoms. The lowest BCUT2D eigenvalue weighted by Crippen LogP contribution is -2.16. The molecular weight excluding hydrogens is 546 g/mol. The van der Waals surface area contributed by atoms with E-state index in [2.05, 4.69) is 9.97 Å². The second-order valence-corrected chi connectivity index (χ2v) is 10.2. The van der Waals surface area contributed by atoms with E-state index >= 15 is 0 Å². The topological polar surface area (TPSA) is 90.9 Å². The molecule has 0 amide bonds. The van der Waals surface area contributed by atoms with Gasteiger partial charge in [-0.2, -0.15) is 9.97 Å². The van der Waals surface area contributed by atoms with Crippen LogP contribution in [0.4, 0.5) is 0 Å². The Kier molecular flexibility index (Phi) is 6.08. The molecule has 0 unspecified atom stereocenters. The van der Waals surface area contributed by atoms with Gasteiger partial charge in [-0.1, -0.05) is 115 Å². The third-order valence-corrected chi connectivity index (χ3v) is 7.49. The number of benzene rings is 5. The number of para-hydroxylation sites is 3. The van der Waals surface area contributed by atoms with Gasteiger partial charge in [-0.25, -0.2) is 19.7 Å². The first-order chi connectivity index (χ1) is 21.7. The molecule has 208 valence electrons. The first kappa shape index (κ1) is 25.4. The molecule has 8 nitrogen and oxygen atoms in total. The van der Waals surface area contributed by atoms with Crippen LogP contribution < -0.4 is 5.69 Å². The molecule has 3 heterocycles. The van der Waals surface area contributed by atoms with Crippen LogP contribution in [0.5, 0.6) is 0 Å². The Bertz CT molecular complexity index is 2270. The van der Waals surface area contributed by atoms with Crippen molar-refractivity contribution < 1.29 is 0 Å². The maximum atomic E-state index is 12.9. The van der Waals surface area contributed by atoms with Crippen molar-refractivity contribution in [3.05, 3.63) is 150 Å². The number of hydrogen-bond acceptors (Lipinski definition) is 6. The average molecular weight is 570 g/mol. The van der Waals surface area contributed by atoms with Crippen LogP contribution in [0, 0.1) is 0 Å². The fraction of sp³-hybridized carbons (Fsp3) is 0. The molecule has 0 N–H and O–H groups in total. The summed E-state index contributed by atoms with van der Waals surface area (Å²) in [5.74, 6) is 2.74. The van der Waals surface area contributed by atoms with Gasteiger partial charge >= 0.3 is 5.69 Å². The van der Waals surface area contributed by atoms with Crippen LogP contribution in [0.3, 0.4) is 0 Å². The molecule has 8 rings (SSSR count). The Morgan fingerprint density at radius 2 is 0.864 bits per heavy atom. The lowest BCUT2D eigenvalue weighted by molar-refractivity contribution is 0.957. The third kappa shape index (κ3) is 4.42. The Morgan fingerprint density at radius 1 is 0.409 bits per heavy atom. The summed E-state index contributed by atoms with van der Waals surface area (Å²) in [7, 11) is 0. The first-order valence-electron chi connectivity index (χ1n) is 14.2. The van der Waals surface area contributed by atoms with E-state index in [1.807, 2.05) is 148 Å². The minimum absolute atomic E-state index is 0.494. The van der Waals surface area contributed by atoms with E-state index in [1.165, 1.54) is 0 Å². The van der Waals surface area contributed by atoms with Crippen LogP contribution in [0.2, 0.25) is 0 Å². The molecule has 0 atom stereocenters. The van der Waals surface area contributed by atoms with Crippen molar-refractivity contribution in [3.8, 4) is 51.2 Å². The van der Waals surface area contributed by atoms with Crippen molar-refractivity contribution in [2.24, 2.45) is 0 Å². The molecule has 3 aromatic heterocycles. The molecule has 0 aliphatic heterocycles. The lowest BCUT2D eigenvalue weighted by Gasteiger charge is -2.09. The van der Waals surface area contributed by atoms with Gasteiger partial charge in [0.2, 0.25) is 5.78 Å². The van der Waals surface area contributed by atoms with Gasteiger partial charge in [-0.15, -0.1) is 0 Å². The summed E-state index contributed by atoms with van der Waals surface area (Å²) in [6, 6.07) is 45.4. The van der Waals surface area contributed by atoms with E-state index in [-0.39, 0.29) is 0 Å². The van der Waals surface area contributed by atoms with E-state index in [4.69, 9.17) is 15.0 Å². The van der Waals surface area contributed by atoms with E-state index in [0.29, 0.717) is 29.1 Å². The lowest BCUT2D eigenvalue weighted by atomic mass is 10.1. The van der Waals surface area contributed by atoms with Crippen molar-refractivity contribution in [1.29, 1.82) is 0 Å². The van der Waals surface area contributed by atoms with Gasteiger partial charge in [0.1, 0.15) is 0 Å². The minimum atomic E-state index is -0.554. The van der Waals surface area contributed by atoms with Gasteiger partial charge in [0, 0.05) is 27.9 Å². The molecule has 44 heavy (non-hydrogen) atoms. The summed E-state index contributed by atoms with van der Waals surface area (Å²) < 4.78 is 3.92. The van der Waals surface area contributed by atoms with Crippen molar-refractivity contribution in [2.75, 3.05) is 0 Å². The maximum absolute atomic E-state index is 12.9. The van der Waals surface area contributed by atoms with Crippen molar-refractivity contribution in [3.63, 3.8) is 0 Å². The fourth-order valence-electron chi connectivity index (χ4n) is 5.45. The van der Waals surface area contributed by atoms with Crippen LogP contribution in [-0.2, 0) is 0 Å². The Labute approximate surface area is 251 Å². The van der Waals surface area contributed by atoms with Gasteiger partial charge < -0.3 is 0 Å². The molecule has 8 aromatic rings. The quantitative estimate of drug-likeness (QED) is 0.224. The Morgan fingerprint density at radius 3 is 1.43 bits per heavy atom. The van der Waals surface area contributed by atoms with Crippen molar-refractivity contribution in [2.45, 2.75) is 0 Å². The predicted octanol–water partition coefficient (Wildman–Crippen LogP) is 6.89. The second kappa shape index (κ2) is 10.5. The normalized spacial score (nSPS) is 11.3. The van der Waals surface area contributed by atoms with Crippen molar-refractivity contribution in [1.82, 2.24) is 33.9 Å². The number of aromatic nitrogens is 7. The van der Waals surface area contributed by atoms with E-state index in [1.54, 1.807) is 0 Å². The van der Waals surface area contributed by atoms with Crippen LogP contribution in [-0.4, -0.2) is 33.9 Å². The number of rotatable bonds is 5. The standard InChI is InChI=1S/C36H23N7O/c44-35-40-34(43-30-19-11-10-18-29(30)42(36(43)41-35)28-16-8-3-9-17-28)27-22-20-26(21-23-27)33-38-31(24-12-4-1-5-13-24)37-32(39-33)25-14-6-2-7-15-25/h1-23H. The molecule has 0 saturated heterocycles. The Balaban J connectivity index is 1.28. The molecule has 0 radical (unpaired) electrons. The SMILES string of the molecule is O=c1nc(-c2ccc(-c3nc(-c4ccccc4)nc(-c4ccccc4)n3)cc2)n2c3ccccc3n(-c3ccccc3)c2n1. The zero-order valence-corrected chi connectivity index (χ0v) is 23.3. The van der Waals surface area contributed by atoms with E-state index in [0.717, 1.165) is 39.0 Å². The maximum Gasteiger partial charge on any atom is 0.372 e. The van der Waals surface area contributed by atoms with Crippen LogP contribution >= 0.6 is 0 Å². The summed E-state index contributed by atoms with van der Waals surface area (Å²) >= 11 is 0. The average Bonchev–Trinajstić information content (AvgIpc) is 3.43. The number of hydrogen-bond donors (Lipinski definition) is 0. The highest BCUT2D eigenvalue weighted by atomic mass is 16.1. The molecule has 0 spiro atoms. The third-order valence-electron chi connectivity index (χ3n) is 7.49. The monoisotopic (exact) mass is 569 g/mol. The molecule has 5 aromatic carbocycles. The van der Waals surface area contributed by atoms with Crippen LogP contribution in [0.1, 0.15) is 0 Å². The smallest absolute Gasteiger partial charge is 0.278 e. The first-order valence-corrected chi connectivity index (χ1v) is 14.2. The number of imidazole rings is 1. The molecule has 0 bridgehead atoms. The molecule has 0 aliphatic carbocycles. The van der Waals surface area contributed by atoms with Gasteiger partial charge in [0.25, 0.3) is 0 Å². The Hall–Kier alpha value is -6.28. The van der Waals surface area contributed by atoms with E-state index < -0.39 is 5.69 Å². The highest BCUT2D eigenvalue weighted by Gasteiger charge is 2.19.